The van der Waals surface area contributed by atoms with Crippen LogP contribution in [0.15, 0.2) is 34.2 Å². The lowest BCUT2D eigenvalue weighted by atomic mass is 9.79. The van der Waals surface area contributed by atoms with Gasteiger partial charge in [-0.25, -0.2) is 22.1 Å². The molecule has 2 fully saturated rings. The highest BCUT2D eigenvalue weighted by atomic mass is 32.2. The normalized spacial score (nSPS) is 23.4. The molecule has 1 saturated heterocycles. The summed E-state index contributed by atoms with van der Waals surface area (Å²) in [6.45, 7) is 4.65. The maximum Gasteiger partial charge on any atom is 0.333 e. The number of hydrogen-bond acceptors (Lipinski definition) is 6. The Morgan fingerprint density at radius 1 is 1.12 bits per heavy atom. The van der Waals surface area contributed by atoms with Gasteiger partial charge in [-0.3, -0.25) is 9.79 Å². The van der Waals surface area contributed by atoms with E-state index in [2.05, 4.69) is 17.2 Å². The van der Waals surface area contributed by atoms with Crippen molar-refractivity contribution in [3.8, 4) is 11.6 Å². The Balaban J connectivity index is 1.17. The molecule has 218 valence electrons. The Kier molecular flexibility index (Phi) is 8.24. The third-order valence-corrected chi connectivity index (χ3v) is 11.0. The first-order valence-electron chi connectivity index (χ1n) is 14.6. The number of rotatable bonds is 9. The number of aromatic amines is 1. The minimum absolute atomic E-state index is 0.0441. The fraction of sp³-hybridized carbons (Fsp3) is 0.621. The highest BCUT2D eigenvalue weighted by Gasteiger charge is 2.48. The molecule has 3 N–H and O–H groups in total. The van der Waals surface area contributed by atoms with E-state index in [1.165, 1.54) is 42.6 Å². The van der Waals surface area contributed by atoms with Gasteiger partial charge in [-0.2, -0.15) is 0 Å². The Hall–Kier alpha value is -2.92. The standard InChI is InChI=1S/C29H41N5O5S/c1-3-4-5-21-6-8-23(9-7-21)26-31-27(36)29(32-26)13-15-33(16-14-29)40(38,39)17-12-22-10-11-24(18-20(22)2)34-25(35)19-30-28(34)37/h10-11,18-19,21,23,35H,3-9,12-17H2,1-2H3,(H,30,37)(H,31,32,36). The summed E-state index contributed by atoms with van der Waals surface area (Å²) < 4.78 is 29.1. The number of sulfonamides is 1. The number of carbonyl (C=O) groups is 1. The number of piperidine rings is 1. The third-order valence-electron chi connectivity index (χ3n) is 9.11. The zero-order valence-electron chi connectivity index (χ0n) is 23.5. The molecule has 1 aromatic carbocycles. The number of unbranched alkanes of at least 4 members (excludes halogenated alkanes) is 1. The lowest BCUT2D eigenvalue weighted by Crippen LogP contribution is -2.51. The van der Waals surface area contributed by atoms with Gasteiger partial charge in [0.05, 0.1) is 17.6 Å². The van der Waals surface area contributed by atoms with Gasteiger partial charge in [0.25, 0.3) is 5.91 Å². The molecule has 2 aromatic rings. The molecule has 0 radical (unpaired) electrons. The number of hydrogen-bond donors (Lipinski definition) is 3. The van der Waals surface area contributed by atoms with Crippen LogP contribution in [-0.4, -0.2) is 63.5 Å². The van der Waals surface area contributed by atoms with Gasteiger partial charge < -0.3 is 15.4 Å². The second-order valence-corrected chi connectivity index (χ2v) is 13.8. The van der Waals surface area contributed by atoms with Gasteiger partial charge in [0.2, 0.25) is 15.9 Å². The van der Waals surface area contributed by atoms with Crippen LogP contribution in [0.3, 0.4) is 0 Å². The van der Waals surface area contributed by atoms with Crippen molar-refractivity contribution in [1.29, 1.82) is 0 Å². The topological polar surface area (TPSA) is 137 Å². The van der Waals surface area contributed by atoms with Crippen molar-refractivity contribution in [3.63, 3.8) is 0 Å². The van der Waals surface area contributed by atoms with Crippen molar-refractivity contribution in [1.82, 2.24) is 19.2 Å². The number of benzene rings is 1. The summed E-state index contributed by atoms with van der Waals surface area (Å²) in [5.74, 6) is 1.61. The fourth-order valence-electron chi connectivity index (χ4n) is 6.50. The first-order chi connectivity index (χ1) is 19.1. The second-order valence-electron chi connectivity index (χ2n) is 11.7. The van der Waals surface area contributed by atoms with Gasteiger partial charge >= 0.3 is 5.69 Å². The summed E-state index contributed by atoms with van der Waals surface area (Å²) in [6.07, 6.45) is 10.7. The van der Waals surface area contributed by atoms with Crippen molar-refractivity contribution in [2.45, 2.75) is 83.6 Å². The zero-order chi connectivity index (χ0) is 28.5. The number of carbonyl (C=O) groups excluding carboxylic acids is 1. The van der Waals surface area contributed by atoms with Gasteiger partial charge in [0.1, 0.15) is 11.4 Å². The van der Waals surface area contributed by atoms with E-state index >= 15 is 0 Å². The molecular weight excluding hydrogens is 530 g/mol. The molecule has 3 heterocycles. The molecule has 0 unspecified atom stereocenters. The van der Waals surface area contributed by atoms with Crippen LogP contribution in [0.4, 0.5) is 0 Å². The lowest BCUT2D eigenvalue weighted by molar-refractivity contribution is -0.125. The lowest BCUT2D eigenvalue weighted by Gasteiger charge is -2.34. The molecule has 5 rings (SSSR count). The monoisotopic (exact) mass is 571 g/mol. The van der Waals surface area contributed by atoms with Crippen LogP contribution in [-0.2, 0) is 21.2 Å². The summed E-state index contributed by atoms with van der Waals surface area (Å²) >= 11 is 0. The molecule has 10 nitrogen and oxygen atoms in total. The largest absolute Gasteiger partial charge is 0.493 e. The van der Waals surface area contributed by atoms with Gasteiger partial charge in [-0.05, 0) is 81.0 Å². The first-order valence-corrected chi connectivity index (χ1v) is 16.2. The molecule has 11 heteroatoms. The van der Waals surface area contributed by atoms with Crippen molar-refractivity contribution in [3.05, 3.63) is 46.0 Å². The molecule has 1 aliphatic carbocycles. The molecule has 0 bridgehead atoms. The van der Waals surface area contributed by atoms with Gasteiger partial charge in [-0.15, -0.1) is 0 Å². The fourth-order valence-corrected chi connectivity index (χ4v) is 7.98. The average Bonchev–Trinajstić information content (AvgIpc) is 3.44. The van der Waals surface area contributed by atoms with Gasteiger partial charge in [0.15, 0.2) is 0 Å². The summed E-state index contributed by atoms with van der Waals surface area (Å²) in [4.78, 5) is 32.4. The maximum absolute atomic E-state index is 13.2. The Morgan fingerprint density at radius 3 is 2.48 bits per heavy atom. The molecule has 0 atom stereocenters. The average molecular weight is 572 g/mol. The third kappa shape index (κ3) is 5.76. The summed E-state index contributed by atoms with van der Waals surface area (Å²) in [5, 5.41) is 13.0. The Labute approximate surface area is 235 Å². The summed E-state index contributed by atoms with van der Waals surface area (Å²) in [7, 11) is -3.52. The maximum atomic E-state index is 13.2. The van der Waals surface area contributed by atoms with Crippen LogP contribution in [0.5, 0.6) is 5.88 Å². The molecule has 1 aromatic heterocycles. The quantitative estimate of drug-likeness (QED) is 0.424. The predicted molar refractivity (Wildman–Crippen MR) is 154 cm³/mol. The number of aryl methyl sites for hydroxylation is 2. The zero-order valence-corrected chi connectivity index (χ0v) is 24.3. The van der Waals surface area contributed by atoms with E-state index < -0.39 is 21.3 Å². The number of nitrogens with one attached hydrogen (secondary N) is 2. The van der Waals surface area contributed by atoms with E-state index in [0.717, 1.165) is 40.3 Å². The van der Waals surface area contributed by atoms with E-state index in [1.54, 1.807) is 18.2 Å². The highest BCUT2D eigenvalue weighted by molar-refractivity contribution is 7.89. The van der Waals surface area contributed by atoms with Crippen LogP contribution in [0.2, 0.25) is 0 Å². The highest BCUT2D eigenvalue weighted by Crippen LogP contribution is 2.37. The van der Waals surface area contributed by atoms with Crippen LogP contribution in [0, 0.1) is 18.8 Å². The van der Waals surface area contributed by atoms with Crippen molar-refractivity contribution < 1.29 is 18.3 Å². The Bertz CT molecular complexity index is 1430. The van der Waals surface area contributed by atoms with Crippen molar-refractivity contribution in [2.24, 2.45) is 16.8 Å². The minimum Gasteiger partial charge on any atom is -0.493 e. The SMILES string of the molecule is CCCCC1CCC(C2=NC3(CCN(S(=O)(=O)CCc4ccc(-n5c(O)c[nH]c5=O)cc4C)CC3)C(=O)N2)CC1. The van der Waals surface area contributed by atoms with Crippen LogP contribution in [0.25, 0.3) is 5.69 Å². The molecule has 40 heavy (non-hydrogen) atoms. The predicted octanol–water partition coefficient (Wildman–Crippen LogP) is 3.41. The van der Waals surface area contributed by atoms with Gasteiger partial charge in [0, 0.05) is 19.0 Å². The second kappa shape index (κ2) is 11.5. The van der Waals surface area contributed by atoms with Crippen molar-refractivity contribution >= 4 is 21.8 Å². The van der Waals surface area contributed by atoms with Crippen LogP contribution >= 0.6 is 0 Å². The molecule has 1 spiro atoms. The number of aliphatic imine (C=N–C) groups is 1. The number of nitrogens with zero attached hydrogens (tertiary/aromatic N) is 3. The number of imidazole rings is 1. The van der Waals surface area contributed by atoms with Crippen molar-refractivity contribution in [2.75, 3.05) is 18.8 Å². The molecular formula is C29H41N5O5S. The summed E-state index contributed by atoms with van der Waals surface area (Å²) in [6, 6.07) is 5.24. The van der Waals surface area contributed by atoms with E-state index in [4.69, 9.17) is 4.99 Å². The number of aromatic hydroxyl groups is 1. The minimum atomic E-state index is -3.52. The van der Waals surface area contributed by atoms with Crippen LogP contribution < -0.4 is 11.0 Å². The molecule has 1 saturated carbocycles. The summed E-state index contributed by atoms with van der Waals surface area (Å²) in [5.41, 5.74) is 0.916. The molecule has 1 amide bonds. The van der Waals surface area contributed by atoms with Crippen LogP contribution in [0.1, 0.15) is 75.8 Å². The number of amidine groups is 1. The smallest absolute Gasteiger partial charge is 0.333 e. The van der Waals surface area contributed by atoms with E-state index in [0.29, 0.717) is 30.9 Å². The van der Waals surface area contributed by atoms with E-state index in [-0.39, 0.29) is 30.6 Å². The molecule has 2 aliphatic heterocycles. The number of amides is 1. The molecule has 3 aliphatic rings. The van der Waals surface area contributed by atoms with E-state index in [1.807, 2.05) is 6.92 Å². The Morgan fingerprint density at radius 2 is 1.85 bits per heavy atom. The first kappa shape index (κ1) is 28.6. The number of aromatic nitrogens is 2. The van der Waals surface area contributed by atoms with Gasteiger partial charge in [-0.1, -0.05) is 32.3 Å². The van der Waals surface area contributed by atoms with E-state index in [9.17, 15) is 23.1 Å². The number of H-pyrrole nitrogens is 1.